The van der Waals surface area contributed by atoms with E-state index in [-0.39, 0.29) is 0 Å². The molecule has 0 radical (unpaired) electrons. The van der Waals surface area contributed by atoms with Gasteiger partial charge in [0.25, 0.3) is 0 Å². The Balaban J connectivity index is 1.49. The minimum atomic E-state index is 0.323. The second-order valence-corrected chi connectivity index (χ2v) is 6.88. The van der Waals surface area contributed by atoms with Crippen molar-refractivity contribution in [3.8, 4) is 0 Å². The Kier molecular flexibility index (Phi) is 6.13. The monoisotopic (exact) mass is 344 g/mol. The molecule has 4 heteroatoms. The lowest BCUT2D eigenvalue weighted by Crippen LogP contribution is -2.34. The first-order valence-electron chi connectivity index (χ1n) is 8.65. The second-order valence-electron chi connectivity index (χ2n) is 6.47. The topological polar surface area (TPSA) is 35.5 Å². The van der Waals surface area contributed by atoms with Crippen molar-refractivity contribution >= 4 is 17.3 Å². The fourth-order valence-corrected chi connectivity index (χ4v) is 3.38. The van der Waals surface area contributed by atoms with E-state index in [1.165, 1.54) is 11.3 Å². The van der Waals surface area contributed by atoms with Crippen LogP contribution < -0.4 is 10.2 Å². The molecule has 1 aliphatic rings. The Bertz CT molecular complexity index is 636. The van der Waals surface area contributed by atoms with Gasteiger partial charge in [-0.3, -0.25) is 0 Å². The van der Waals surface area contributed by atoms with E-state index in [0.29, 0.717) is 12.5 Å². The molecular formula is C20H25ClN2O. The van der Waals surface area contributed by atoms with E-state index < -0.39 is 0 Å². The number of rotatable bonds is 6. The van der Waals surface area contributed by atoms with Gasteiger partial charge >= 0.3 is 0 Å². The minimum absolute atomic E-state index is 0.323. The Morgan fingerprint density at radius 2 is 1.71 bits per heavy atom. The zero-order valence-corrected chi connectivity index (χ0v) is 14.7. The molecule has 0 aliphatic carbocycles. The van der Waals surface area contributed by atoms with Crippen LogP contribution in [0.1, 0.15) is 24.0 Å². The highest BCUT2D eigenvalue weighted by Gasteiger charge is 2.18. The Morgan fingerprint density at radius 1 is 1.00 bits per heavy atom. The van der Waals surface area contributed by atoms with Gasteiger partial charge in [-0.1, -0.05) is 41.9 Å². The molecule has 128 valence electrons. The third-order valence-electron chi connectivity index (χ3n) is 4.78. The van der Waals surface area contributed by atoms with Gasteiger partial charge in [-0.25, -0.2) is 0 Å². The van der Waals surface area contributed by atoms with Gasteiger partial charge in [0.05, 0.1) is 0 Å². The van der Waals surface area contributed by atoms with Gasteiger partial charge in [0.2, 0.25) is 0 Å². The fraction of sp³-hybridized carbons (Fsp3) is 0.400. The number of benzene rings is 2. The van der Waals surface area contributed by atoms with E-state index in [0.717, 1.165) is 49.6 Å². The molecule has 24 heavy (non-hydrogen) atoms. The van der Waals surface area contributed by atoms with Crippen molar-refractivity contribution in [2.75, 3.05) is 24.6 Å². The minimum Gasteiger partial charge on any atom is -0.396 e. The van der Waals surface area contributed by atoms with Gasteiger partial charge < -0.3 is 15.3 Å². The SMILES string of the molecule is OCC1CCN(c2ccc(CNCc3ccccc3Cl)cc2)CC1. The average Bonchev–Trinajstić information content (AvgIpc) is 2.64. The summed E-state index contributed by atoms with van der Waals surface area (Å²) < 4.78 is 0. The molecule has 2 aromatic carbocycles. The van der Waals surface area contributed by atoms with E-state index in [9.17, 15) is 5.11 Å². The summed E-state index contributed by atoms with van der Waals surface area (Å²) in [7, 11) is 0. The molecule has 2 N–H and O–H groups in total. The molecule has 1 fully saturated rings. The molecule has 3 nitrogen and oxygen atoms in total. The number of piperidine rings is 1. The lowest BCUT2D eigenvalue weighted by Gasteiger charge is -2.33. The Labute approximate surface area is 149 Å². The standard InChI is InChI=1S/C20H25ClN2O/c21-20-4-2-1-3-18(20)14-22-13-16-5-7-19(8-6-16)23-11-9-17(15-24)10-12-23/h1-8,17,22,24H,9-15H2. The summed E-state index contributed by atoms with van der Waals surface area (Å²) in [6.45, 7) is 4.00. The van der Waals surface area contributed by atoms with Gasteiger partial charge in [0.1, 0.15) is 0 Å². The number of nitrogens with one attached hydrogen (secondary N) is 1. The smallest absolute Gasteiger partial charge is 0.0460 e. The largest absolute Gasteiger partial charge is 0.396 e. The first-order valence-corrected chi connectivity index (χ1v) is 9.03. The van der Waals surface area contributed by atoms with Gasteiger partial charge in [-0.15, -0.1) is 0 Å². The van der Waals surface area contributed by atoms with Crippen LogP contribution in [0.5, 0.6) is 0 Å². The predicted molar refractivity (Wildman–Crippen MR) is 100 cm³/mol. The average molecular weight is 345 g/mol. The summed E-state index contributed by atoms with van der Waals surface area (Å²) in [6, 6.07) is 16.7. The van der Waals surface area contributed by atoms with Crippen LogP contribution in [-0.4, -0.2) is 24.8 Å². The van der Waals surface area contributed by atoms with Crippen molar-refractivity contribution in [3.05, 3.63) is 64.7 Å². The number of aliphatic hydroxyl groups excluding tert-OH is 1. The van der Waals surface area contributed by atoms with Gasteiger partial charge in [0.15, 0.2) is 0 Å². The number of anilines is 1. The predicted octanol–water partition coefficient (Wildman–Crippen LogP) is 3.84. The zero-order chi connectivity index (χ0) is 16.8. The maximum Gasteiger partial charge on any atom is 0.0460 e. The molecule has 0 amide bonds. The van der Waals surface area contributed by atoms with Crippen LogP contribution in [0, 0.1) is 5.92 Å². The third-order valence-corrected chi connectivity index (χ3v) is 5.15. The molecule has 3 rings (SSSR count). The van der Waals surface area contributed by atoms with Crippen molar-refractivity contribution in [2.24, 2.45) is 5.92 Å². The number of hydrogen-bond donors (Lipinski definition) is 2. The maximum absolute atomic E-state index is 9.23. The van der Waals surface area contributed by atoms with Gasteiger partial charge in [0, 0.05) is 43.5 Å². The molecule has 0 atom stereocenters. The highest BCUT2D eigenvalue weighted by molar-refractivity contribution is 6.31. The molecule has 0 spiro atoms. The summed E-state index contributed by atoms with van der Waals surface area (Å²) in [5, 5.41) is 13.5. The first-order chi connectivity index (χ1) is 11.8. The van der Waals surface area contributed by atoms with E-state index in [2.05, 4.69) is 40.5 Å². The lowest BCUT2D eigenvalue weighted by molar-refractivity contribution is 0.203. The number of hydrogen-bond acceptors (Lipinski definition) is 3. The van der Waals surface area contributed by atoms with Gasteiger partial charge in [-0.05, 0) is 48.1 Å². The van der Waals surface area contributed by atoms with Crippen LogP contribution in [0.2, 0.25) is 5.02 Å². The van der Waals surface area contributed by atoms with Crippen LogP contribution in [0.3, 0.4) is 0 Å². The Morgan fingerprint density at radius 3 is 2.38 bits per heavy atom. The molecule has 1 heterocycles. The number of halogens is 1. The van der Waals surface area contributed by atoms with Crippen molar-refractivity contribution in [3.63, 3.8) is 0 Å². The highest BCUT2D eigenvalue weighted by Crippen LogP contribution is 2.23. The lowest BCUT2D eigenvalue weighted by atomic mass is 9.97. The number of aliphatic hydroxyl groups is 1. The molecule has 1 saturated heterocycles. The molecule has 0 aromatic heterocycles. The second kappa shape index (κ2) is 8.52. The van der Waals surface area contributed by atoms with Crippen molar-refractivity contribution < 1.29 is 5.11 Å². The van der Waals surface area contributed by atoms with E-state index >= 15 is 0 Å². The molecule has 1 aliphatic heterocycles. The molecule has 0 unspecified atom stereocenters. The van der Waals surface area contributed by atoms with Gasteiger partial charge in [-0.2, -0.15) is 0 Å². The van der Waals surface area contributed by atoms with Crippen LogP contribution in [0.15, 0.2) is 48.5 Å². The molecular weight excluding hydrogens is 320 g/mol. The number of nitrogens with zero attached hydrogens (tertiary/aromatic N) is 1. The van der Waals surface area contributed by atoms with Crippen LogP contribution in [0.25, 0.3) is 0 Å². The fourth-order valence-electron chi connectivity index (χ4n) is 3.18. The third kappa shape index (κ3) is 4.50. The molecule has 0 bridgehead atoms. The summed E-state index contributed by atoms with van der Waals surface area (Å²) >= 11 is 6.17. The van der Waals surface area contributed by atoms with E-state index in [4.69, 9.17) is 11.6 Å². The molecule has 2 aromatic rings. The molecule has 0 saturated carbocycles. The first kappa shape index (κ1) is 17.3. The van der Waals surface area contributed by atoms with Crippen LogP contribution >= 0.6 is 11.6 Å². The zero-order valence-electron chi connectivity index (χ0n) is 13.9. The summed E-state index contributed by atoms with van der Waals surface area (Å²) in [4.78, 5) is 2.41. The maximum atomic E-state index is 9.23. The Hall–Kier alpha value is -1.55. The summed E-state index contributed by atoms with van der Waals surface area (Å²) in [5.41, 5.74) is 3.68. The quantitative estimate of drug-likeness (QED) is 0.835. The highest BCUT2D eigenvalue weighted by atomic mass is 35.5. The van der Waals surface area contributed by atoms with Crippen molar-refractivity contribution in [1.29, 1.82) is 0 Å². The summed E-state index contributed by atoms with van der Waals surface area (Å²) in [5.74, 6) is 0.481. The van der Waals surface area contributed by atoms with Crippen molar-refractivity contribution in [1.82, 2.24) is 5.32 Å². The normalized spacial score (nSPS) is 15.7. The van der Waals surface area contributed by atoms with E-state index in [1.54, 1.807) is 0 Å². The van der Waals surface area contributed by atoms with Crippen LogP contribution in [-0.2, 0) is 13.1 Å². The van der Waals surface area contributed by atoms with E-state index in [1.807, 2.05) is 18.2 Å². The van der Waals surface area contributed by atoms with Crippen LogP contribution in [0.4, 0.5) is 5.69 Å². The summed E-state index contributed by atoms with van der Waals surface area (Å²) in [6.07, 6.45) is 2.16. The van der Waals surface area contributed by atoms with Crippen molar-refractivity contribution in [2.45, 2.75) is 25.9 Å².